The molecule has 90 valence electrons. The molecule has 0 amide bonds. The third-order valence-corrected chi connectivity index (χ3v) is 3.16. The number of aryl methyl sites for hydroxylation is 1. The number of hydrogen-bond acceptors (Lipinski definition) is 3. The van der Waals surface area contributed by atoms with Gasteiger partial charge in [0.2, 0.25) is 0 Å². The maximum atomic E-state index is 8.65. The lowest BCUT2D eigenvalue weighted by atomic mass is 9.88. The number of nitrogens with zero attached hydrogens (tertiary/aromatic N) is 3. The maximum Gasteiger partial charge on any atom is 0.144 e. The summed E-state index contributed by atoms with van der Waals surface area (Å²) in [5.41, 5.74) is 6.17. The average Bonchev–Trinajstić information content (AvgIpc) is 2.56. The summed E-state index contributed by atoms with van der Waals surface area (Å²) in [6.07, 6.45) is 2.34. The highest BCUT2D eigenvalue weighted by Crippen LogP contribution is 2.22. The van der Waals surface area contributed by atoms with E-state index in [1.54, 1.807) is 6.20 Å². The van der Waals surface area contributed by atoms with Crippen LogP contribution in [0.15, 0.2) is 11.4 Å². The van der Waals surface area contributed by atoms with E-state index in [0.717, 1.165) is 12.1 Å². The van der Waals surface area contributed by atoms with Crippen molar-refractivity contribution in [2.24, 2.45) is 16.3 Å². The topological polar surface area (TPSA) is 76.4 Å². The van der Waals surface area contributed by atoms with Crippen molar-refractivity contribution >= 4 is 17.4 Å². The van der Waals surface area contributed by atoms with Crippen LogP contribution >= 0.6 is 11.6 Å². The highest BCUT2D eigenvalue weighted by Gasteiger charge is 2.23. The fourth-order valence-electron chi connectivity index (χ4n) is 1.30. The van der Waals surface area contributed by atoms with Crippen LogP contribution < -0.4 is 5.73 Å². The van der Waals surface area contributed by atoms with Gasteiger partial charge in [-0.3, -0.25) is 4.68 Å². The lowest BCUT2D eigenvalue weighted by Gasteiger charge is -2.22. The number of halogens is 1. The molecular formula is C10H17ClN4O. The molecule has 0 aromatic carbocycles. The second-order valence-corrected chi connectivity index (χ2v) is 4.83. The monoisotopic (exact) mass is 244 g/mol. The Hall–Kier alpha value is -1.23. The van der Waals surface area contributed by atoms with E-state index in [2.05, 4.69) is 10.3 Å². The molecule has 0 radical (unpaired) electrons. The Morgan fingerprint density at radius 1 is 1.69 bits per heavy atom. The van der Waals surface area contributed by atoms with Gasteiger partial charge in [-0.2, -0.15) is 5.10 Å². The number of hydrogen-bond donors (Lipinski definition) is 2. The lowest BCUT2D eigenvalue weighted by molar-refractivity contribution is 0.302. The van der Waals surface area contributed by atoms with E-state index in [1.807, 2.05) is 25.5 Å². The van der Waals surface area contributed by atoms with E-state index in [4.69, 9.17) is 22.5 Å². The Labute approximate surface area is 99.9 Å². The highest BCUT2D eigenvalue weighted by atomic mass is 35.5. The minimum Gasteiger partial charge on any atom is -0.409 e. The van der Waals surface area contributed by atoms with Gasteiger partial charge in [0.15, 0.2) is 0 Å². The van der Waals surface area contributed by atoms with E-state index in [-0.39, 0.29) is 11.3 Å². The van der Waals surface area contributed by atoms with Gasteiger partial charge in [0.05, 0.1) is 16.9 Å². The predicted molar refractivity (Wildman–Crippen MR) is 63.8 cm³/mol. The zero-order valence-corrected chi connectivity index (χ0v) is 10.5. The molecule has 0 unspecified atom stereocenters. The zero-order valence-electron chi connectivity index (χ0n) is 9.74. The van der Waals surface area contributed by atoms with E-state index in [1.165, 1.54) is 0 Å². The molecule has 1 rings (SSSR count). The third kappa shape index (κ3) is 2.66. The van der Waals surface area contributed by atoms with Crippen molar-refractivity contribution in [3.05, 3.63) is 16.9 Å². The van der Waals surface area contributed by atoms with Gasteiger partial charge in [-0.05, 0) is 13.3 Å². The van der Waals surface area contributed by atoms with Gasteiger partial charge in [-0.1, -0.05) is 30.6 Å². The first-order valence-electron chi connectivity index (χ1n) is 5.04. The van der Waals surface area contributed by atoms with E-state index in [9.17, 15) is 0 Å². The zero-order chi connectivity index (χ0) is 12.3. The number of amidine groups is 1. The molecule has 0 saturated carbocycles. The van der Waals surface area contributed by atoms with E-state index in [0.29, 0.717) is 11.6 Å². The van der Waals surface area contributed by atoms with Crippen LogP contribution in [-0.4, -0.2) is 20.8 Å². The smallest absolute Gasteiger partial charge is 0.144 e. The normalized spacial score (nSPS) is 13.1. The van der Waals surface area contributed by atoms with Crippen LogP contribution in [-0.2, 0) is 6.54 Å². The second kappa shape index (κ2) is 4.74. The molecule has 1 aromatic heterocycles. The molecule has 0 saturated heterocycles. The van der Waals surface area contributed by atoms with Crippen molar-refractivity contribution < 1.29 is 5.21 Å². The summed E-state index contributed by atoms with van der Waals surface area (Å²) in [5, 5.41) is 16.5. The van der Waals surface area contributed by atoms with Crippen LogP contribution in [0, 0.1) is 12.3 Å². The Morgan fingerprint density at radius 2 is 2.31 bits per heavy atom. The summed E-state index contributed by atoms with van der Waals surface area (Å²) in [7, 11) is 0. The molecule has 6 heteroatoms. The van der Waals surface area contributed by atoms with E-state index >= 15 is 0 Å². The lowest BCUT2D eigenvalue weighted by Crippen LogP contribution is -2.33. The molecule has 16 heavy (non-hydrogen) atoms. The summed E-state index contributed by atoms with van der Waals surface area (Å²) >= 11 is 5.90. The Bertz CT molecular complexity index is 398. The SMILES string of the molecule is Cc1c(Cl)cnn1CCC(C)(C)C(N)=NO. The van der Waals surface area contributed by atoms with Crippen LogP contribution in [0.2, 0.25) is 5.02 Å². The van der Waals surface area contributed by atoms with Crippen LogP contribution in [0.3, 0.4) is 0 Å². The Kier molecular flexibility index (Phi) is 3.80. The third-order valence-electron chi connectivity index (χ3n) is 2.79. The quantitative estimate of drug-likeness (QED) is 0.368. The minimum absolute atomic E-state index is 0.225. The number of aromatic nitrogens is 2. The molecule has 5 nitrogen and oxygen atoms in total. The number of rotatable bonds is 4. The van der Waals surface area contributed by atoms with Crippen molar-refractivity contribution in [3.8, 4) is 0 Å². The Morgan fingerprint density at radius 3 is 2.75 bits per heavy atom. The first-order chi connectivity index (χ1) is 7.38. The number of nitrogens with two attached hydrogens (primary N) is 1. The molecule has 0 spiro atoms. The minimum atomic E-state index is -0.361. The summed E-state index contributed by atoms with van der Waals surface area (Å²) < 4.78 is 1.81. The van der Waals surface area contributed by atoms with Gasteiger partial charge >= 0.3 is 0 Å². The van der Waals surface area contributed by atoms with Crippen LogP contribution in [0.25, 0.3) is 0 Å². The van der Waals surface area contributed by atoms with Crippen molar-refractivity contribution in [1.29, 1.82) is 0 Å². The fourth-order valence-corrected chi connectivity index (χ4v) is 1.44. The largest absolute Gasteiger partial charge is 0.409 e. The molecule has 1 aromatic rings. The van der Waals surface area contributed by atoms with Crippen molar-refractivity contribution in [2.45, 2.75) is 33.7 Å². The van der Waals surface area contributed by atoms with Crippen molar-refractivity contribution in [2.75, 3.05) is 0 Å². The fraction of sp³-hybridized carbons (Fsp3) is 0.600. The highest BCUT2D eigenvalue weighted by molar-refractivity contribution is 6.31. The van der Waals surface area contributed by atoms with Gasteiger partial charge in [-0.25, -0.2) is 0 Å². The molecular weight excluding hydrogens is 228 g/mol. The summed E-state index contributed by atoms with van der Waals surface area (Å²) in [5.74, 6) is 0.225. The second-order valence-electron chi connectivity index (χ2n) is 4.42. The predicted octanol–water partition coefficient (Wildman–Crippen LogP) is 2.01. The van der Waals surface area contributed by atoms with E-state index < -0.39 is 0 Å². The van der Waals surface area contributed by atoms with Crippen LogP contribution in [0.5, 0.6) is 0 Å². The average molecular weight is 245 g/mol. The summed E-state index contributed by atoms with van der Waals surface area (Å²) in [6, 6.07) is 0. The van der Waals surface area contributed by atoms with Crippen LogP contribution in [0.1, 0.15) is 26.0 Å². The molecule has 0 aliphatic carbocycles. The van der Waals surface area contributed by atoms with Crippen LogP contribution in [0.4, 0.5) is 0 Å². The van der Waals surface area contributed by atoms with Gasteiger partial charge in [0.1, 0.15) is 5.84 Å². The van der Waals surface area contributed by atoms with Gasteiger partial charge in [0.25, 0.3) is 0 Å². The van der Waals surface area contributed by atoms with Gasteiger partial charge < -0.3 is 10.9 Å². The van der Waals surface area contributed by atoms with Crippen molar-refractivity contribution in [3.63, 3.8) is 0 Å². The maximum absolute atomic E-state index is 8.65. The molecule has 0 bridgehead atoms. The first kappa shape index (κ1) is 12.8. The molecule has 0 aliphatic rings. The Balaban J connectivity index is 2.68. The molecule has 0 atom stereocenters. The molecule has 0 fully saturated rings. The standard InChI is InChI=1S/C10H17ClN4O/c1-7-8(11)6-13-15(7)5-4-10(2,3)9(12)14-16/h6,16H,4-5H2,1-3H3,(H2,12,14). The number of oxime groups is 1. The molecule has 3 N–H and O–H groups in total. The first-order valence-corrected chi connectivity index (χ1v) is 5.42. The summed E-state index contributed by atoms with van der Waals surface area (Å²) in [4.78, 5) is 0. The summed E-state index contributed by atoms with van der Waals surface area (Å²) in [6.45, 7) is 6.43. The van der Waals surface area contributed by atoms with Gasteiger partial charge in [-0.15, -0.1) is 0 Å². The molecule has 0 aliphatic heterocycles. The van der Waals surface area contributed by atoms with Crippen molar-refractivity contribution in [1.82, 2.24) is 9.78 Å². The molecule has 1 heterocycles. The van der Waals surface area contributed by atoms with Gasteiger partial charge in [0, 0.05) is 12.0 Å².